The molecule has 0 aromatic heterocycles. The first kappa shape index (κ1) is 35.0. The van der Waals surface area contributed by atoms with Crippen LogP contribution >= 0.6 is 0 Å². The van der Waals surface area contributed by atoms with E-state index in [0.717, 1.165) is 44.8 Å². The van der Waals surface area contributed by atoms with Gasteiger partial charge in [-0.2, -0.15) is 0 Å². The van der Waals surface area contributed by atoms with Gasteiger partial charge >= 0.3 is 171 Å². The maximum atomic E-state index is 10.9. The molecule has 1 heterocycles. The molecule has 2 N–H and O–H groups in total. The molecule has 5 nitrogen and oxygen atoms in total. The first-order valence-corrected chi connectivity index (χ1v) is 14.5. The van der Waals surface area contributed by atoms with Crippen LogP contribution < -0.4 is 0 Å². The summed E-state index contributed by atoms with van der Waals surface area (Å²) in [6.07, 6.45) is 6.56. The number of aliphatic hydroxyl groups is 2. The Hall–Kier alpha value is -0.0356. The van der Waals surface area contributed by atoms with Crippen LogP contribution in [0.25, 0.3) is 0 Å². The molecule has 11 atom stereocenters. The van der Waals surface area contributed by atoms with Crippen LogP contribution in [-0.4, -0.2) is 52.4 Å². The van der Waals surface area contributed by atoms with Crippen molar-refractivity contribution >= 4 is 10.5 Å². The number of rotatable bonds is 14. The Morgan fingerprint density at radius 2 is 1.60 bits per heavy atom. The Bertz CT molecular complexity index is 556. The number of carbonyl (C=O) groups is 1. The normalized spacial score (nSPS) is 27.2. The van der Waals surface area contributed by atoms with Crippen LogP contribution in [0, 0.1) is 41.4 Å². The van der Waals surface area contributed by atoms with Crippen molar-refractivity contribution in [1.82, 2.24) is 0 Å². The molecule has 1 fully saturated rings. The van der Waals surface area contributed by atoms with Crippen molar-refractivity contribution < 1.29 is 41.5 Å². The minimum absolute atomic E-state index is 0.150. The summed E-state index contributed by atoms with van der Waals surface area (Å²) in [5.74, 6) is 2.68. The van der Waals surface area contributed by atoms with E-state index in [9.17, 15) is 9.90 Å². The monoisotopic (exact) mass is 535 g/mol. The third-order valence-electron chi connectivity index (χ3n) is 7.67. The fourth-order valence-corrected chi connectivity index (χ4v) is 6.03. The van der Waals surface area contributed by atoms with Crippen LogP contribution in [-0.2, 0) is 31.2 Å². The topological polar surface area (TPSA) is 76.0 Å². The molecule has 0 radical (unpaired) electrons. The van der Waals surface area contributed by atoms with E-state index in [4.69, 9.17) is 14.6 Å². The van der Waals surface area contributed by atoms with Gasteiger partial charge in [-0.05, 0) is 19.3 Å². The van der Waals surface area contributed by atoms with Crippen molar-refractivity contribution in [2.24, 2.45) is 41.4 Å². The summed E-state index contributed by atoms with van der Waals surface area (Å²) in [7, 11) is 1.81. The predicted molar refractivity (Wildman–Crippen MR) is 142 cm³/mol. The minimum atomic E-state index is -0.536. The quantitative estimate of drug-likeness (QED) is 0.274. The van der Waals surface area contributed by atoms with Crippen molar-refractivity contribution in [3.63, 3.8) is 0 Å². The molecule has 0 saturated carbocycles. The Labute approximate surface area is 225 Å². The van der Waals surface area contributed by atoms with Gasteiger partial charge in [-0.15, -0.1) is 0 Å². The summed E-state index contributed by atoms with van der Waals surface area (Å²) in [4.78, 5) is 10.9. The van der Waals surface area contributed by atoms with Crippen LogP contribution in [0.15, 0.2) is 0 Å². The molecular weight excluding hydrogens is 479 g/mol. The summed E-state index contributed by atoms with van der Waals surface area (Å²) in [5, 5.41) is 19.2. The van der Waals surface area contributed by atoms with Gasteiger partial charge in [0.15, 0.2) is 6.29 Å². The molecule has 6 heteroatoms. The van der Waals surface area contributed by atoms with Crippen molar-refractivity contribution in [1.29, 1.82) is 0 Å². The van der Waals surface area contributed by atoms with Crippen molar-refractivity contribution in [2.75, 3.05) is 7.11 Å². The van der Waals surface area contributed by atoms with Crippen molar-refractivity contribution in [3.05, 3.63) is 0 Å². The molecule has 0 spiro atoms. The van der Waals surface area contributed by atoms with Crippen LogP contribution in [0.3, 0.4) is 0 Å². The van der Waals surface area contributed by atoms with Crippen LogP contribution in [0.5, 0.6) is 0 Å². The molecule has 0 aliphatic carbocycles. The zero-order valence-electron chi connectivity index (χ0n) is 24.2. The molecule has 1 rings (SSSR count). The van der Waals surface area contributed by atoms with Gasteiger partial charge in [0.1, 0.15) is 0 Å². The molecular formula is C29H56O5V. The summed E-state index contributed by atoms with van der Waals surface area (Å²) >= 11 is 2.82. The Kier molecular flexibility index (Phi) is 18.2. The van der Waals surface area contributed by atoms with E-state index < -0.39 is 12.4 Å². The van der Waals surface area contributed by atoms with Crippen LogP contribution in [0.1, 0.15) is 101 Å². The third kappa shape index (κ3) is 13.9. The molecule has 0 aromatic carbocycles. The molecule has 207 valence electrons. The molecule has 1 aliphatic rings. The van der Waals surface area contributed by atoms with E-state index in [1.807, 2.05) is 14.0 Å². The zero-order chi connectivity index (χ0) is 27.3. The molecule has 1 saturated heterocycles. The number of hydrogen-bond donors (Lipinski definition) is 2. The van der Waals surface area contributed by atoms with E-state index in [0.29, 0.717) is 35.7 Å². The molecule has 0 amide bonds. The Morgan fingerprint density at radius 3 is 2.06 bits per heavy atom. The van der Waals surface area contributed by atoms with Gasteiger partial charge in [-0.25, -0.2) is 0 Å². The average molecular weight is 536 g/mol. The standard InChI is InChI=1S/C22H42O3.C7H14O2.V/c1-9-21(25-8)18(5)12-16(3)10-15(2)11-17(4)13-19(6)22(24)20(7)14-23;1-5-3-6(2)9-7(8)4-5;/h14-22,24H,9,11-13H2,1-8H3;5-8H,3-4H2,1-2H3;/t15-,16-,17?,18+,19?,20?,21?,22?;;/m0../s1. The van der Waals surface area contributed by atoms with E-state index in [1.165, 1.54) is 4.23 Å². The van der Waals surface area contributed by atoms with Crippen LogP contribution in [0.2, 0.25) is 0 Å². The molecule has 35 heavy (non-hydrogen) atoms. The zero-order valence-corrected chi connectivity index (χ0v) is 25.6. The van der Waals surface area contributed by atoms with Gasteiger partial charge in [0.05, 0.1) is 6.10 Å². The van der Waals surface area contributed by atoms with Crippen molar-refractivity contribution in [3.8, 4) is 0 Å². The second-order valence-electron chi connectivity index (χ2n) is 11.6. The molecule has 0 aromatic rings. The number of ether oxygens (including phenoxy) is 2. The number of aliphatic hydroxyl groups excluding tert-OH is 2. The second-order valence-corrected chi connectivity index (χ2v) is 12.4. The Balaban J connectivity index is 0.00000106. The summed E-state index contributed by atoms with van der Waals surface area (Å²) in [5.41, 5.74) is 0. The van der Waals surface area contributed by atoms with Gasteiger partial charge in [0.2, 0.25) is 0 Å². The Morgan fingerprint density at radius 1 is 1.03 bits per heavy atom. The third-order valence-corrected chi connectivity index (χ3v) is 9.05. The van der Waals surface area contributed by atoms with Crippen LogP contribution in [0.4, 0.5) is 0 Å². The van der Waals surface area contributed by atoms with Gasteiger partial charge < -0.3 is 9.84 Å². The SMILES string of the molecule is CC1CC(C)OC(O)C1.CCC(OC)[C@H](C)C[C@@H](C)[C](=[V])[C@H](C)CC(C)CC(C)C(O)C(C)C=O. The fourth-order valence-electron chi connectivity index (χ4n) is 5.70. The summed E-state index contributed by atoms with van der Waals surface area (Å²) < 4.78 is 12.2. The predicted octanol–water partition coefficient (Wildman–Crippen LogP) is 5.82. The molecule has 8 unspecified atom stereocenters. The fraction of sp³-hybridized carbons (Fsp3) is 0.931. The van der Waals surface area contributed by atoms with E-state index in [1.54, 1.807) is 6.92 Å². The van der Waals surface area contributed by atoms with Gasteiger partial charge in [-0.1, -0.05) is 6.92 Å². The average Bonchev–Trinajstić information content (AvgIpc) is 2.77. The number of aldehydes is 1. The van der Waals surface area contributed by atoms with Gasteiger partial charge in [-0.3, -0.25) is 0 Å². The molecule has 1 aliphatic heterocycles. The maximum absolute atomic E-state index is 10.9. The second kappa shape index (κ2) is 18.3. The number of methoxy groups -OCH3 is 1. The molecule has 0 bridgehead atoms. The summed E-state index contributed by atoms with van der Waals surface area (Å²) in [6.45, 7) is 19.4. The van der Waals surface area contributed by atoms with E-state index in [2.05, 4.69) is 65.4 Å². The summed E-state index contributed by atoms with van der Waals surface area (Å²) in [6, 6.07) is 0. The van der Waals surface area contributed by atoms with E-state index >= 15 is 0 Å². The van der Waals surface area contributed by atoms with Gasteiger partial charge in [0.25, 0.3) is 0 Å². The van der Waals surface area contributed by atoms with E-state index in [-0.39, 0.29) is 17.9 Å². The first-order chi connectivity index (χ1) is 16.3. The number of carbonyl (C=O) groups excluding carboxylic acids is 1. The first-order valence-electron chi connectivity index (χ1n) is 13.8. The van der Waals surface area contributed by atoms with Crippen molar-refractivity contribution in [2.45, 2.75) is 125 Å². The number of hydrogen-bond acceptors (Lipinski definition) is 5. The van der Waals surface area contributed by atoms with Gasteiger partial charge in [0, 0.05) is 6.42 Å².